The van der Waals surface area contributed by atoms with Gasteiger partial charge in [0, 0.05) is 13.1 Å². The number of nitrogens with zero attached hydrogens (tertiary/aromatic N) is 3. The fourth-order valence-electron chi connectivity index (χ4n) is 3.44. The Morgan fingerprint density at radius 2 is 1.79 bits per heavy atom. The lowest BCUT2D eigenvalue weighted by molar-refractivity contribution is -0.160. The Hall–Kier alpha value is -3.35. The minimum Gasteiger partial charge on any atom is -0.463 e. The number of aromatic nitrogens is 1. The van der Waals surface area contributed by atoms with Gasteiger partial charge < -0.3 is 23.8 Å². The molecule has 2 rings (SSSR count). The molecule has 0 unspecified atom stereocenters. The topological polar surface area (TPSA) is 128 Å². The van der Waals surface area contributed by atoms with E-state index in [1.54, 1.807) is 13.8 Å². The van der Waals surface area contributed by atoms with Gasteiger partial charge in [-0.25, -0.2) is 9.59 Å². The zero-order valence-electron chi connectivity index (χ0n) is 20.7. The maximum Gasteiger partial charge on any atom is 0.347 e. The number of hydrogen-bond acceptors (Lipinski definition) is 10. The highest BCUT2D eigenvalue weighted by Crippen LogP contribution is 2.31. The van der Waals surface area contributed by atoms with E-state index in [9.17, 15) is 19.6 Å². The molecule has 2 heterocycles. The molecule has 186 valence electrons. The normalized spacial score (nSPS) is 15.1. The third-order valence-corrected chi connectivity index (χ3v) is 5.02. The van der Waals surface area contributed by atoms with E-state index in [1.807, 2.05) is 25.7 Å². The van der Waals surface area contributed by atoms with Crippen LogP contribution in [0, 0.1) is 17.2 Å². The van der Waals surface area contributed by atoms with E-state index >= 15 is 0 Å². The molecule has 10 heteroatoms. The van der Waals surface area contributed by atoms with Gasteiger partial charge in [0.05, 0.1) is 24.7 Å². The van der Waals surface area contributed by atoms with Gasteiger partial charge in [0.15, 0.2) is 11.9 Å². The van der Waals surface area contributed by atoms with Crippen LogP contribution in [0.1, 0.15) is 70.3 Å². The first-order valence-electron chi connectivity index (χ1n) is 11.4. The van der Waals surface area contributed by atoms with Gasteiger partial charge >= 0.3 is 17.9 Å². The van der Waals surface area contributed by atoms with Crippen molar-refractivity contribution in [1.29, 1.82) is 5.26 Å². The van der Waals surface area contributed by atoms with Gasteiger partial charge in [-0.3, -0.25) is 4.79 Å². The van der Waals surface area contributed by atoms with Crippen molar-refractivity contribution in [3.63, 3.8) is 0 Å². The van der Waals surface area contributed by atoms with Crippen molar-refractivity contribution in [3.8, 4) is 11.9 Å². The van der Waals surface area contributed by atoms with Crippen molar-refractivity contribution in [3.05, 3.63) is 17.2 Å². The van der Waals surface area contributed by atoms with Crippen LogP contribution in [0.3, 0.4) is 0 Å². The van der Waals surface area contributed by atoms with E-state index < -0.39 is 23.6 Å². The van der Waals surface area contributed by atoms with Crippen LogP contribution in [0.15, 0.2) is 6.07 Å². The lowest BCUT2D eigenvalue weighted by atomic mass is 9.96. The smallest absolute Gasteiger partial charge is 0.347 e. The highest BCUT2D eigenvalue weighted by Gasteiger charge is 2.32. The van der Waals surface area contributed by atoms with E-state index in [1.165, 1.54) is 13.0 Å². The van der Waals surface area contributed by atoms with Gasteiger partial charge in [-0.2, -0.15) is 10.2 Å². The number of ether oxygens (including phenoxy) is 4. The molecule has 34 heavy (non-hydrogen) atoms. The van der Waals surface area contributed by atoms with Crippen molar-refractivity contribution < 1.29 is 33.3 Å². The first kappa shape index (κ1) is 26.9. The number of pyridine rings is 1. The summed E-state index contributed by atoms with van der Waals surface area (Å²) in [5.41, 5.74) is -0.453. The van der Waals surface area contributed by atoms with Crippen LogP contribution in [0.2, 0.25) is 0 Å². The molecule has 0 aromatic carbocycles. The van der Waals surface area contributed by atoms with Gasteiger partial charge in [0.2, 0.25) is 5.88 Å². The van der Waals surface area contributed by atoms with Crippen LogP contribution in [-0.2, 0) is 23.8 Å². The van der Waals surface area contributed by atoms with E-state index in [4.69, 9.17) is 18.9 Å². The van der Waals surface area contributed by atoms with E-state index in [2.05, 4.69) is 11.1 Å². The molecular formula is C24H33N3O7. The molecule has 0 radical (unpaired) electrons. The summed E-state index contributed by atoms with van der Waals surface area (Å²) in [6.45, 7) is 11.5. The molecule has 1 aromatic heterocycles. The molecule has 0 bridgehead atoms. The molecule has 1 atom stereocenters. The number of esters is 3. The maximum absolute atomic E-state index is 12.5. The monoisotopic (exact) mass is 475 g/mol. The highest BCUT2D eigenvalue weighted by atomic mass is 16.6. The van der Waals surface area contributed by atoms with Crippen molar-refractivity contribution in [2.75, 3.05) is 31.2 Å². The maximum atomic E-state index is 12.5. The predicted octanol–water partition coefficient (Wildman–Crippen LogP) is 3.02. The molecule has 10 nitrogen and oxygen atoms in total. The fraction of sp³-hybridized carbons (Fsp3) is 0.625. The molecule has 0 N–H and O–H groups in total. The fourth-order valence-corrected chi connectivity index (χ4v) is 3.44. The summed E-state index contributed by atoms with van der Waals surface area (Å²) < 4.78 is 21.2. The number of rotatable bonds is 8. The summed E-state index contributed by atoms with van der Waals surface area (Å²) in [6, 6.07) is 3.42. The summed E-state index contributed by atoms with van der Waals surface area (Å²) in [4.78, 5) is 43.3. The SMILES string of the molecule is CCOC(=O)c1cc(C#N)c(N2CCC(C(=O)OC(C)(C)C)CC2)nc1O[C@@H](C)C(=O)OCC. The summed E-state index contributed by atoms with van der Waals surface area (Å²) in [5, 5.41) is 9.73. The molecule has 1 aliphatic rings. The van der Waals surface area contributed by atoms with Crippen molar-refractivity contribution in [2.24, 2.45) is 5.92 Å². The number of hydrogen-bond donors (Lipinski definition) is 0. The second-order valence-corrected chi connectivity index (χ2v) is 8.85. The lowest BCUT2D eigenvalue weighted by Crippen LogP contribution is -2.39. The van der Waals surface area contributed by atoms with Crippen LogP contribution in [-0.4, -0.2) is 60.9 Å². The van der Waals surface area contributed by atoms with Crippen molar-refractivity contribution >= 4 is 23.7 Å². The Morgan fingerprint density at radius 3 is 2.32 bits per heavy atom. The summed E-state index contributed by atoms with van der Waals surface area (Å²) in [7, 11) is 0. The first-order valence-corrected chi connectivity index (χ1v) is 11.4. The Labute approximate surface area is 200 Å². The van der Waals surface area contributed by atoms with Crippen LogP contribution < -0.4 is 9.64 Å². The van der Waals surface area contributed by atoms with Gasteiger partial charge in [0.1, 0.15) is 17.2 Å². The number of carbonyl (C=O) groups is 3. The first-order chi connectivity index (χ1) is 16.0. The molecule has 0 spiro atoms. The molecule has 1 aromatic rings. The summed E-state index contributed by atoms with van der Waals surface area (Å²) >= 11 is 0. The average Bonchev–Trinajstić information content (AvgIpc) is 2.78. The van der Waals surface area contributed by atoms with Gasteiger partial charge in [-0.15, -0.1) is 0 Å². The Kier molecular flexibility index (Phi) is 9.24. The van der Waals surface area contributed by atoms with E-state index in [-0.39, 0.29) is 42.1 Å². The Bertz CT molecular complexity index is 941. The number of nitriles is 1. The largest absolute Gasteiger partial charge is 0.463 e. The van der Waals surface area contributed by atoms with Crippen LogP contribution in [0.4, 0.5) is 5.82 Å². The van der Waals surface area contributed by atoms with Gasteiger partial charge in [-0.05, 0) is 60.5 Å². The van der Waals surface area contributed by atoms with Crippen LogP contribution >= 0.6 is 0 Å². The zero-order chi connectivity index (χ0) is 25.5. The molecular weight excluding hydrogens is 442 g/mol. The Balaban J connectivity index is 2.32. The average molecular weight is 476 g/mol. The minimum atomic E-state index is -1.03. The third-order valence-electron chi connectivity index (χ3n) is 5.02. The van der Waals surface area contributed by atoms with Crippen LogP contribution in [0.25, 0.3) is 0 Å². The molecule has 0 saturated carbocycles. The Morgan fingerprint density at radius 1 is 1.18 bits per heavy atom. The summed E-state index contributed by atoms with van der Waals surface area (Å²) in [5.74, 6) is -1.63. The van der Waals surface area contributed by atoms with E-state index in [0.717, 1.165) is 0 Å². The van der Waals surface area contributed by atoms with Crippen molar-refractivity contribution in [2.45, 2.75) is 66.1 Å². The standard InChI is InChI=1S/C24H33N3O7/c1-7-31-21(28)15(3)33-20-18(23(30)32-8-2)13-17(14-25)19(26-20)27-11-9-16(10-12-27)22(29)34-24(4,5)6/h13,15-16H,7-12H2,1-6H3/t15-/m0/s1. The minimum absolute atomic E-state index is 0.0538. The second kappa shape index (κ2) is 11.7. The van der Waals surface area contributed by atoms with Gasteiger partial charge in [-0.1, -0.05) is 0 Å². The molecule has 1 saturated heterocycles. The molecule has 0 aliphatic carbocycles. The molecule has 0 amide bonds. The lowest BCUT2D eigenvalue weighted by Gasteiger charge is -2.33. The quantitative estimate of drug-likeness (QED) is 0.409. The number of carbonyl (C=O) groups excluding carboxylic acids is 3. The van der Waals surface area contributed by atoms with Crippen molar-refractivity contribution in [1.82, 2.24) is 4.98 Å². The second-order valence-electron chi connectivity index (χ2n) is 8.85. The van der Waals surface area contributed by atoms with Crippen LogP contribution in [0.5, 0.6) is 5.88 Å². The molecule has 1 fully saturated rings. The summed E-state index contributed by atoms with van der Waals surface area (Å²) in [6.07, 6.45) is 0.0202. The third kappa shape index (κ3) is 7.07. The van der Waals surface area contributed by atoms with E-state index in [0.29, 0.717) is 31.7 Å². The number of piperidine rings is 1. The number of anilines is 1. The van der Waals surface area contributed by atoms with Gasteiger partial charge in [0.25, 0.3) is 0 Å². The highest BCUT2D eigenvalue weighted by molar-refractivity contribution is 5.93. The predicted molar refractivity (Wildman–Crippen MR) is 122 cm³/mol. The molecule has 1 aliphatic heterocycles. The zero-order valence-corrected chi connectivity index (χ0v) is 20.7.